The molecule has 3 rings (SSSR count). The van der Waals surface area contributed by atoms with Crippen molar-refractivity contribution in [3.63, 3.8) is 0 Å². The van der Waals surface area contributed by atoms with Crippen molar-refractivity contribution in [3.8, 4) is 0 Å². The summed E-state index contributed by atoms with van der Waals surface area (Å²) in [5.41, 5.74) is 0. The van der Waals surface area contributed by atoms with Gasteiger partial charge in [0.25, 0.3) is 0 Å². The van der Waals surface area contributed by atoms with Gasteiger partial charge in [-0.3, -0.25) is 4.79 Å². The predicted octanol–water partition coefficient (Wildman–Crippen LogP) is 0.824. The lowest BCUT2D eigenvalue weighted by Gasteiger charge is -2.28. The normalized spacial score (nSPS) is 31.3. The van der Waals surface area contributed by atoms with Gasteiger partial charge in [-0.25, -0.2) is 0 Å². The van der Waals surface area contributed by atoms with Crippen LogP contribution in [0.1, 0.15) is 39.0 Å². The number of nitrogens with zero attached hydrogens (tertiary/aromatic N) is 2. The summed E-state index contributed by atoms with van der Waals surface area (Å²) >= 11 is 0. The highest BCUT2D eigenvalue weighted by Gasteiger charge is 2.37. The molecule has 1 N–H and O–H groups in total. The molecule has 0 bridgehead atoms. The van der Waals surface area contributed by atoms with Crippen molar-refractivity contribution >= 4 is 5.91 Å². The predicted molar refractivity (Wildman–Crippen MR) is 71.4 cm³/mol. The van der Waals surface area contributed by atoms with Gasteiger partial charge in [0.15, 0.2) is 0 Å². The standard InChI is InChI=1S/C14H25N3O/c1-11(10-16-7-2-3-8-16)17-9-6-13(14(17)18)15-12-4-5-12/h11-13,15H,2-10H2,1H3. The molecule has 1 saturated carbocycles. The van der Waals surface area contributed by atoms with Crippen molar-refractivity contribution in [1.82, 2.24) is 15.1 Å². The molecule has 0 aromatic rings. The van der Waals surface area contributed by atoms with E-state index >= 15 is 0 Å². The van der Waals surface area contributed by atoms with Crippen LogP contribution in [0.2, 0.25) is 0 Å². The van der Waals surface area contributed by atoms with Gasteiger partial charge in [0.2, 0.25) is 5.91 Å². The largest absolute Gasteiger partial charge is 0.337 e. The van der Waals surface area contributed by atoms with Crippen LogP contribution in [0.5, 0.6) is 0 Å². The monoisotopic (exact) mass is 251 g/mol. The fraction of sp³-hybridized carbons (Fsp3) is 0.929. The van der Waals surface area contributed by atoms with Crippen LogP contribution >= 0.6 is 0 Å². The Balaban J connectivity index is 1.50. The zero-order valence-electron chi connectivity index (χ0n) is 11.4. The fourth-order valence-electron chi connectivity index (χ4n) is 3.27. The summed E-state index contributed by atoms with van der Waals surface area (Å²) < 4.78 is 0. The number of rotatable bonds is 5. The van der Waals surface area contributed by atoms with Crippen LogP contribution in [-0.2, 0) is 4.79 Å². The Morgan fingerprint density at radius 3 is 2.61 bits per heavy atom. The van der Waals surface area contributed by atoms with Crippen molar-refractivity contribution < 1.29 is 4.79 Å². The zero-order chi connectivity index (χ0) is 12.5. The molecule has 1 aliphatic carbocycles. The first-order valence-electron chi connectivity index (χ1n) is 7.53. The lowest BCUT2D eigenvalue weighted by Crippen LogP contribution is -2.46. The molecule has 0 spiro atoms. The lowest BCUT2D eigenvalue weighted by atomic mass is 10.2. The van der Waals surface area contributed by atoms with Gasteiger partial charge in [0.05, 0.1) is 6.04 Å². The maximum atomic E-state index is 12.3. The molecule has 2 aliphatic heterocycles. The topological polar surface area (TPSA) is 35.6 Å². The average molecular weight is 251 g/mol. The Bertz CT molecular complexity index is 310. The molecule has 4 heteroatoms. The van der Waals surface area contributed by atoms with Crippen LogP contribution in [0.4, 0.5) is 0 Å². The Morgan fingerprint density at radius 1 is 1.22 bits per heavy atom. The van der Waals surface area contributed by atoms with Gasteiger partial charge in [0, 0.05) is 25.2 Å². The Kier molecular flexibility index (Phi) is 3.57. The van der Waals surface area contributed by atoms with Gasteiger partial charge in [-0.1, -0.05) is 0 Å². The summed E-state index contributed by atoms with van der Waals surface area (Å²) in [6.45, 7) is 6.64. The summed E-state index contributed by atoms with van der Waals surface area (Å²) in [7, 11) is 0. The second-order valence-electron chi connectivity index (χ2n) is 6.17. The second kappa shape index (κ2) is 5.17. The molecule has 2 saturated heterocycles. The molecular weight excluding hydrogens is 226 g/mol. The quantitative estimate of drug-likeness (QED) is 0.786. The van der Waals surface area contributed by atoms with Gasteiger partial charge in [-0.15, -0.1) is 0 Å². The molecule has 18 heavy (non-hydrogen) atoms. The molecule has 102 valence electrons. The van der Waals surface area contributed by atoms with E-state index in [0.717, 1.165) is 19.5 Å². The van der Waals surface area contributed by atoms with Gasteiger partial charge < -0.3 is 15.1 Å². The zero-order valence-corrected chi connectivity index (χ0v) is 11.4. The van der Waals surface area contributed by atoms with E-state index in [9.17, 15) is 4.79 Å². The highest BCUT2D eigenvalue weighted by atomic mass is 16.2. The molecule has 0 radical (unpaired) electrons. The number of carbonyl (C=O) groups excluding carboxylic acids is 1. The maximum absolute atomic E-state index is 12.3. The molecular formula is C14H25N3O. The van der Waals surface area contributed by atoms with Crippen LogP contribution in [0, 0.1) is 0 Å². The maximum Gasteiger partial charge on any atom is 0.240 e. The Morgan fingerprint density at radius 2 is 1.94 bits per heavy atom. The SMILES string of the molecule is CC(CN1CCCC1)N1CCC(NC2CC2)C1=O. The first-order chi connectivity index (χ1) is 8.74. The fourth-order valence-corrected chi connectivity index (χ4v) is 3.27. The minimum absolute atomic E-state index is 0.110. The summed E-state index contributed by atoms with van der Waals surface area (Å²) in [5.74, 6) is 0.341. The van der Waals surface area contributed by atoms with Gasteiger partial charge in [-0.05, 0) is 52.1 Å². The van der Waals surface area contributed by atoms with Gasteiger partial charge in [0.1, 0.15) is 0 Å². The van der Waals surface area contributed by atoms with Crippen LogP contribution in [-0.4, -0.2) is 60.0 Å². The van der Waals surface area contributed by atoms with Crippen molar-refractivity contribution in [2.45, 2.75) is 57.2 Å². The second-order valence-corrected chi connectivity index (χ2v) is 6.17. The number of hydrogen-bond acceptors (Lipinski definition) is 3. The summed E-state index contributed by atoms with van der Waals surface area (Å²) in [4.78, 5) is 16.9. The number of amides is 1. The lowest BCUT2D eigenvalue weighted by molar-refractivity contribution is -0.131. The van der Waals surface area contributed by atoms with Crippen LogP contribution < -0.4 is 5.32 Å². The summed E-state index contributed by atoms with van der Waals surface area (Å²) in [6, 6.07) is 1.12. The van der Waals surface area contributed by atoms with Crippen LogP contribution in [0.15, 0.2) is 0 Å². The summed E-state index contributed by atoms with van der Waals surface area (Å²) in [5, 5.41) is 3.48. The third-order valence-corrected chi connectivity index (χ3v) is 4.51. The number of carbonyl (C=O) groups is 1. The van der Waals surface area contributed by atoms with Crippen LogP contribution in [0.3, 0.4) is 0 Å². The minimum atomic E-state index is 0.110. The van der Waals surface area contributed by atoms with E-state index in [1.54, 1.807) is 0 Å². The van der Waals surface area contributed by atoms with Crippen molar-refractivity contribution in [2.75, 3.05) is 26.2 Å². The van der Waals surface area contributed by atoms with E-state index in [1.807, 2.05) is 0 Å². The first kappa shape index (κ1) is 12.4. The molecule has 2 heterocycles. The van der Waals surface area contributed by atoms with E-state index in [0.29, 0.717) is 18.0 Å². The van der Waals surface area contributed by atoms with E-state index < -0.39 is 0 Å². The molecule has 0 aromatic carbocycles. The molecule has 2 unspecified atom stereocenters. The first-order valence-corrected chi connectivity index (χ1v) is 7.53. The highest BCUT2D eigenvalue weighted by molar-refractivity contribution is 5.84. The molecule has 1 amide bonds. The molecule has 3 aliphatic rings. The van der Waals surface area contributed by atoms with Gasteiger partial charge >= 0.3 is 0 Å². The third-order valence-electron chi connectivity index (χ3n) is 4.51. The van der Waals surface area contributed by atoms with Crippen molar-refractivity contribution in [3.05, 3.63) is 0 Å². The Hall–Kier alpha value is -0.610. The smallest absolute Gasteiger partial charge is 0.240 e. The minimum Gasteiger partial charge on any atom is -0.337 e. The van der Waals surface area contributed by atoms with E-state index in [1.165, 1.54) is 38.8 Å². The number of hydrogen-bond donors (Lipinski definition) is 1. The Labute approximate surface area is 110 Å². The number of likely N-dealkylation sites (tertiary alicyclic amines) is 2. The van der Waals surface area contributed by atoms with Crippen molar-refractivity contribution in [1.29, 1.82) is 0 Å². The molecule has 0 aromatic heterocycles. The van der Waals surface area contributed by atoms with E-state index in [4.69, 9.17) is 0 Å². The molecule has 4 nitrogen and oxygen atoms in total. The third kappa shape index (κ3) is 2.69. The summed E-state index contributed by atoms with van der Waals surface area (Å²) in [6.07, 6.45) is 6.17. The average Bonchev–Trinajstić information content (AvgIpc) is 2.88. The van der Waals surface area contributed by atoms with Crippen molar-refractivity contribution in [2.24, 2.45) is 0 Å². The van der Waals surface area contributed by atoms with E-state index in [-0.39, 0.29) is 6.04 Å². The van der Waals surface area contributed by atoms with Gasteiger partial charge in [-0.2, -0.15) is 0 Å². The van der Waals surface area contributed by atoms with E-state index in [2.05, 4.69) is 22.0 Å². The highest BCUT2D eigenvalue weighted by Crippen LogP contribution is 2.23. The molecule has 2 atom stereocenters. The van der Waals surface area contributed by atoms with Crippen LogP contribution in [0.25, 0.3) is 0 Å². The molecule has 3 fully saturated rings. The number of nitrogens with one attached hydrogen (secondary N) is 1.